The van der Waals surface area contributed by atoms with Gasteiger partial charge < -0.3 is 15.8 Å². The summed E-state index contributed by atoms with van der Waals surface area (Å²) in [5.74, 6) is 2.65. The Balaban J connectivity index is 1.48. The standard InChI is InChI=1S/C24H22F2N6OS/c1-4-13(2)33-19-11-29-20-17(31-19)7-8-28-21(20)30-14-5-6-16(26)15(9-14)23(3)18-10-24(18,12-25)34-22(27)32-23/h1,5-9,11,13,18H,10,12H2,2-3H3,(H2,27,32)(H,28,30)/t13-,18-,23+,24+/m0/s1. The molecule has 1 aliphatic carbocycles. The number of benzene rings is 1. The number of pyridine rings is 1. The Kier molecular flexibility index (Phi) is 5.32. The van der Waals surface area contributed by atoms with E-state index >= 15 is 4.39 Å². The second-order valence-electron chi connectivity index (χ2n) is 8.64. The SMILES string of the molecule is C#C[C@H](C)Oc1cnc2c(Nc3ccc(F)c([C@@]4(C)N=C(N)S[C@@]5(CF)C[C@H]54)c3)nccc2n1. The number of thioether (sulfide) groups is 1. The van der Waals surface area contributed by atoms with Gasteiger partial charge in [-0.25, -0.2) is 23.7 Å². The van der Waals surface area contributed by atoms with Crippen LogP contribution in [-0.4, -0.2) is 37.6 Å². The lowest BCUT2D eigenvalue weighted by molar-refractivity contribution is 0.268. The fourth-order valence-electron chi connectivity index (χ4n) is 4.49. The smallest absolute Gasteiger partial charge is 0.234 e. The Labute approximate surface area is 199 Å². The summed E-state index contributed by atoms with van der Waals surface area (Å²) in [5, 5.41) is 3.47. The van der Waals surface area contributed by atoms with Crippen LogP contribution >= 0.6 is 11.8 Å². The predicted octanol–water partition coefficient (Wildman–Crippen LogP) is 4.31. The van der Waals surface area contributed by atoms with Crippen molar-refractivity contribution >= 4 is 39.5 Å². The van der Waals surface area contributed by atoms with Crippen LogP contribution in [0.15, 0.2) is 41.7 Å². The van der Waals surface area contributed by atoms with Gasteiger partial charge in [0, 0.05) is 23.4 Å². The molecule has 174 valence electrons. The molecule has 1 aliphatic heterocycles. The van der Waals surface area contributed by atoms with Crippen molar-refractivity contribution in [1.29, 1.82) is 0 Å². The fourth-order valence-corrected chi connectivity index (χ4v) is 5.82. The number of halogens is 2. The van der Waals surface area contributed by atoms with Gasteiger partial charge in [-0.2, -0.15) is 0 Å². The minimum absolute atomic E-state index is 0.141. The molecular formula is C24H22F2N6OS. The first-order valence-electron chi connectivity index (χ1n) is 10.7. The van der Waals surface area contributed by atoms with E-state index in [1.165, 1.54) is 24.0 Å². The number of rotatable bonds is 6. The predicted molar refractivity (Wildman–Crippen MR) is 129 cm³/mol. The van der Waals surface area contributed by atoms with E-state index in [2.05, 4.69) is 31.2 Å². The van der Waals surface area contributed by atoms with Crippen molar-refractivity contribution in [2.24, 2.45) is 16.6 Å². The summed E-state index contributed by atoms with van der Waals surface area (Å²) < 4.78 is 33.7. The second-order valence-corrected chi connectivity index (χ2v) is 10.1. The third kappa shape index (κ3) is 3.70. The zero-order valence-electron chi connectivity index (χ0n) is 18.5. The van der Waals surface area contributed by atoms with Gasteiger partial charge in [-0.1, -0.05) is 17.7 Å². The lowest BCUT2D eigenvalue weighted by atomic mass is 9.85. The van der Waals surface area contributed by atoms with Gasteiger partial charge in [-0.15, -0.1) is 6.42 Å². The van der Waals surface area contributed by atoms with Gasteiger partial charge in [0.05, 0.1) is 22.0 Å². The molecule has 0 bridgehead atoms. The topological polar surface area (TPSA) is 98.3 Å². The third-order valence-corrected chi connectivity index (χ3v) is 7.59. The largest absolute Gasteiger partial charge is 0.460 e. The van der Waals surface area contributed by atoms with E-state index < -0.39 is 28.9 Å². The maximum atomic E-state index is 15.0. The van der Waals surface area contributed by atoms with Crippen LogP contribution in [0.4, 0.5) is 20.3 Å². The number of fused-ring (bicyclic) bond motifs is 2. The number of alkyl halides is 1. The fraction of sp³-hybridized carbons (Fsp3) is 0.333. The number of hydrogen-bond acceptors (Lipinski definition) is 8. The molecule has 10 heteroatoms. The van der Waals surface area contributed by atoms with Crippen molar-refractivity contribution in [3.63, 3.8) is 0 Å². The molecule has 1 aromatic carbocycles. The summed E-state index contributed by atoms with van der Waals surface area (Å²) in [7, 11) is 0. The number of aliphatic imine (C=N–C) groups is 1. The maximum absolute atomic E-state index is 15.0. The molecule has 0 unspecified atom stereocenters. The molecule has 1 fully saturated rings. The number of hydrogen-bond donors (Lipinski definition) is 2. The summed E-state index contributed by atoms with van der Waals surface area (Å²) in [6.45, 7) is 3.02. The minimum Gasteiger partial charge on any atom is -0.460 e. The van der Waals surface area contributed by atoms with E-state index in [4.69, 9.17) is 16.9 Å². The van der Waals surface area contributed by atoms with Crippen LogP contribution in [-0.2, 0) is 5.54 Å². The van der Waals surface area contributed by atoms with Gasteiger partial charge in [0.15, 0.2) is 17.1 Å². The molecule has 2 aromatic heterocycles. The zero-order chi connectivity index (χ0) is 24.1. The first-order chi connectivity index (χ1) is 16.3. The lowest BCUT2D eigenvalue weighted by Gasteiger charge is -2.33. The van der Waals surface area contributed by atoms with Gasteiger partial charge in [0.25, 0.3) is 0 Å². The van der Waals surface area contributed by atoms with Crippen molar-refractivity contribution in [3.8, 4) is 18.2 Å². The zero-order valence-corrected chi connectivity index (χ0v) is 19.4. The average Bonchev–Trinajstić information content (AvgIpc) is 3.56. The van der Waals surface area contributed by atoms with Crippen LogP contribution in [0.5, 0.6) is 5.88 Å². The van der Waals surface area contributed by atoms with E-state index in [0.29, 0.717) is 40.4 Å². The normalized spacial score (nSPS) is 26.2. The minimum atomic E-state index is -0.963. The van der Waals surface area contributed by atoms with Crippen molar-refractivity contribution in [2.75, 3.05) is 12.0 Å². The van der Waals surface area contributed by atoms with Crippen LogP contribution in [0.2, 0.25) is 0 Å². The number of amidine groups is 1. The summed E-state index contributed by atoms with van der Waals surface area (Å²) in [4.78, 5) is 17.8. The van der Waals surface area contributed by atoms with Crippen molar-refractivity contribution in [2.45, 2.75) is 36.7 Å². The van der Waals surface area contributed by atoms with Crippen LogP contribution in [0.25, 0.3) is 11.0 Å². The Bertz CT molecular complexity index is 1360. The summed E-state index contributed by atoms with van der Waals surface area (Å²) in [6.07, 6.45) is 8.57. The van der Waals surface area contributed by atoms with Crippen molar-refractivity contribution < 1.29 is 13.5 Å². The molecule has 4 atom stereocenters. The van der Waals surface area contributed by atoms with Gasteiger partial charge >= 0.3 is 0 Å². The molecular weight excluding hydrogens is 458 g/mol. The highest BCUT2D eigenvalue weighted by Gasteiger charge is 2.66. The highest BCUT2D eigenvalue weighted by Crippen LogP contribution is 2.66. The quantitative estimate of drug-likeness (QED) is 0.507. The monoisotopic (exact) mass is 480 g/mol. The highest BCUT2D eigenvalue weighted by atomic mass is 32.2. The number of nitrogens with one attached hydrogen (secondary N) is 1. The molecule has 34 heavy (non-hydrogen) atoms. The van der Waals surface area contributed by atoms with E-state index in [-0.39, 0.29) is 11.1 Å². The molecule has 3 N–H and O–H groups in total. The Morgan fingerprint density at radius 3 is 2.97 bits per heavy atom. The first kappa shape index (κ1) is 22.3. The molecule has 0 saturated heterocycles. The first-order valence-corrected chi connectivity index (χ1v) is 11.5. The number of ether oxygens (including phenoxy) is 1. The molecule has 0 radical (unpaired) electrons. The van der Waals surface area contributed by atoms with Crippen molar-refractivity contribution in [3.05, 3.63) is 48.0 Å². The third-order valence-electron chi connectivity index (χ3n) is 6.32. The van der Waals surface area contributed by atoms with E-state index in [9.17, 15) is 4.39 Å². The number of nitrogens with zero attached hydrogens (tertiary/aromatic N) is 4. The van der Waals surface area contributed by atoms with Gasteiger partial charge in [-0.3, -0.25) is 4.99 Å². The Hall–Kier alpha value is -3.45. The number of aromatic nitrogens is 3. The molecule has 7 nitrogen and oxygen atoms in total. The molecule has 3 aromatic rings. The number of nitrogens with two attached hydrogens (primary N) is 1. The Morgan fingerprint density at radius 2 is 2.21 bits per heavy atom. The molecule has 5 rings (SSSR count). The van der Waals surface area contributed by atoms with Crippen LogP contribution in [0, 0.1) is 24.1 Å². The van der Waals surface area contributed by atoms with Crippen LogP contribution in [0.3, 0.4) is 0 Å². The maximum Gasteiger partial charge on any atom is 0.234 e. The molecule has 0 spiro atoms. The number of terminal acetylenes is 1. The summed E-state index contributed by atoms with van der Waals surface area (Å²) in [6, 6.07) is 6.34. The second kappa shape index (κ2) is 8.09. The summed E-state index contributed by atoms with van der Waals surface area (Å²) >= 11 is 1.25. The van der Waals surface area contributed by atoms with Gasteiger partial charge in [0.2, 0.25) is 5.88 Å². The van der Waals surface area contributed by atoms with Crippen LogP contribution < -0.4 is 15.8 Å². The Morgan fingerprint density at radius 1 is 1.38 bits per heavy atom. The average molecular weight is 481 g/mol. The van der Waals surface area contributed by atoms with E-state index in [1.54, 1.807) is 31.3 Å². The van der Waals surface area contributed by atoms with Gasteiger partial charge in [-0.05, 0) is 44.5 Å². The molecule has 2 aliphatic rings. The van der Waals surface area contributed by atoms with Crippen LogP contribution in [0.1, 0.15) is 25.8 Å². The summed E-state index contributed by atoms with van der Waals surface area (Å²) in [5.41, 5.74) is 7.05. The molecule has 3 heterocycles. The van der Waals surface area contributed by atoms with Crippen molar-refractivity contribution in [1.82, 2.24) is 15.0 Å². The molecule has 1 saturated carbocycles. The lowest BCUT2D eigenvalue weighted by Crippen LogP contribution is -2.36. The highest BCUT2D eigenvalue weighted by molar-refractivity contribution is 8.15. The molecule has 0 amide bonds. The van der Waals surface area contributed by atoms with E-state index in [0.717, 1.165) is 0 Å². The van der Waals surface area contributed by atoms with E-state index in [1.807, 2.05) is 6.92 Å². The number of anilines is 2. The van der Waals surface area contributed by atoms with Gasteiger partial charge in [0.1, 0.15) is 18.0 Å².